The predicted molar refractivity (Wildman–Crippen MR) is 98.2 cm³/mol. The number of fused-ring (bicyclic) bond motifs is 2. The van der Waals surface area contributed by atoms with E-state index >= 15 is 0 Å². The maximum Gasteiger partial charge on any atom is 0.178 e. The number of hydrogen-bond donors (Lipinski definition) is 1. The molecule has 3 aromatic heterocycles. The molecule has 0 atom stereocenters. The molecular formula is C17H16N6S. The third kappa shape index (κ3) is 2.25. The van der Waals surface area contributed by atoms with Gasteiger partial charge in [-0.3, -0.25) is 0 Å². The Kier molecular flexibility index (Phi) is 3.50. The van der Waals surface area contributed by atoms with Crippen molar-refractivity contribution >= 4 is 45.8 Å². The van der Waals surface area contributed by atoms with Crippen molar-refractivity contribution in [2.75, 3.05) is 11.9 Å². The van der Waals surface area contributed by atoms with Crippen LogP contribution in [0.3, 0.4) is 0 Å². The molecule has 0 aliphatic heterocycles. The number of aromatic nitrogens is 5. The normalized spacial score (nSPS) is 11.2. The van der Waals surface area contributed by atoms with Gasteiger partial charge in [0.1, 0.15) is 18.0 Å². The molecule has 7 heteroatoms. The van der Waals surface area contributed by atoms with Crippen molar-refractivity contribution in [1.82, 2.24) is 24.5 Å². The van der Waals surface area contributed by atoms with E-state index in [-0.39, 0.29) is 0 Å². The molecule has 1 aromatic carbocycles. The summed E-state index contributed by atoms with van der Waals surface area (Å²) in [6, 6.07) is 9.92. The van der Waals surface area contributed by atoms with Crippen LogP contribution in [0.2, 0.25) is 0 Å². The predicted octanol–water partition coefficient (Wildman–Crippen LogP) is 3.82. The molecule has 0 bridgehead atoms. The number of imidazole rings is 1. The standard InChI is InChI=1S/C17H16N6S/c1-3-23-14-9-12-11(8-13(14)21-17(23)24)16(20-10-19-12)22(2)15-6-4-5-7-18-15/h4-10H,3H2,1-2H3,(H,21,24). The number of hydrogen-bond acceptors (Lipinski definition) is 5. The van der Waals surface area contributed by atoms with Crippen LogP contribution < -0.4 is 4.90 Å². The van der Waals surface area contributed by atoms with Crippen molar-refractivity contribution in [3.63, 3.8) is 0 Å². The van der Waals surface area contributed by atoms with Gasteiger partial charge in [0.25, 0.3) is 0 Å². The molecule has 6 nitrogen and oxygen atoms in total. The van der Waals surface area contributed by atoms with Crippen molar-refractivity contribution < 1.29 is 0 Å². The van der Waals surface area contributed by atoms with Crippen LogP contribution in [0, 0.1) is 4.77 Å². The van der Waals surface area contributed by atoms with Crippen LogP contribution in [-0.2, 0) is 6.54 Å². The molecule has 0 saturated carbocycles. The summed E-state index contributed by atoms with van der Waals surface area (Å²) in [4.78, 5) is 18.5. The van der Waals surface area contributed by atoms with Gasteiger partial charge >= 0.3 is 0 Å². The third-order valence-corrected chi connectivity index (χ3v) is 4.46. The van der Waals surface area contributed by atoms with E-state index < -0.39 is 0 Å². The lowest BCUT2D eigenvalue weighted by atomic mass is 10.2. The zero-order chi connectivity index (χ0) is 16.7. The minimum absolute atomic E-state index is 0.718. The first-order valence-electron chi connectivity index (χ1n) is 7.71. The van der Waals surface area contributed by atoms with Crippen molar-refractivity contribution in [3.8, 4) is 0 Å². The highest BCUT2D eigenvalue weighted by atomic mass is 32.1. The number of nitrogens with zero attached hydrogens (tertiary/aromatic N) is 5. The fraction of sp³-hybridized carbons (Fsp3) is 0.176. The second-order valence-electron chi connectivity index (χ2n) is 5.51. The number of benzene rings is 1. The Morgan fingerprint density at radius 2 is 2.08 bits per heavy atom. The summed E-state index contributed by atoms with van der Waals surface area (Å²) in [5, 5.41) is 0.956. The number of aromatic amines is 1. The SMILES string of the molecule is CCn1c(=S)[nH]c2cc3c(N(C)c4ccccn4)ncnc3cc21. The first kappa shape index (κ1) is 14.8. The van der Waals surface area contributed by atoms with E-state index in [0.29, 0.717) is 0 Å². The smallest absolute Gasteiger partial charge is 0.178 e. The lowest BCUT2D eigenvalue weighted by molar-refractivity contribution is 0.774. The number of anilines is 2. The second kappa shape index (κ2) is 5.68. The molecule has 0 aliphatic rings. The maximum absolute atomic E-state index is 5.40. The summed E-state index contributed by atoms with van der Waals surface area (Å²) in [5.74, 6) is 1.64. The lowest BCUT2D eigenvalue weighted by Crippen LogP contribution is -2.13. The number of rotatable bonds is 3. The second-order valence-corrected chi connectivity index (χ2v) is 5.89. The van der Waals surface area contributed by atoms with Gasteiger partial charge in [0.15, 0.2) is 4.77 Å². The van der Waals surface area contributed by atoms with Gasteiger partial charge in [-0.1, -0.05) is 6.07 Å². The molecule has 1 N–H and O–H groups in total. The minimum atomic E-state index is 0.718. The monoisotopic (exact) mass is 336 g/mol. The molecule has 0 saturated heterocycles. The van der Waals surface area contributed by atoms with Crippen molar-refractivity contribution in [2.45, 2.75) is 13.5 Å². The summed E-state index contributed by atoms with van der Waals surface area (Å²) in [7, 11) is 1.95. The fourth-order valence-electron chi connectivity index (χ4n) is 2.94. The Balaban J connectivity index is 1.97. The Morgan fingerprint density at radius 3 is 2.83 bits per heavy atom. The van der Waals surface area contributed by atoms with E-state index in [9.17, 15) is 0 Å². The summed E-state index contributed by atoms with van der Waals surface area (Å²) < 4.78 is 2.78. The van der Waals surface area contributed by atoms with Gasteiger partial charge in [0.05, 0.1) is 16.6 Å². The van der Waals surface area contributed by atoms with E-state index in [2.05, 4.69) is 43.6 Å². The van der Waals surface area contributed by atoms with Crippen molar-refractivity contribution in [3.05, 3.63) is 47.6 Å². The van der Waals surface area contributed by atoms with E-state index in [1.54, 1.807) is 12.5 Å². The number of H-pyrrole nitrogens is 1. The Hall–Kier alpha value is -2.80. The number of nitrogens with one attached hydrogen (secondary N) is 1. The molecule has 4 rings (SSSR count). The molecule has 4 aromatic rings. The van der Waals surface area contributed by atoms with Crippen LogP contribution >= 0.6 is 12.2 Å². The highest BCUT2D eigenvalue weighted by molar-refractivity contribution is 7.71. The molecule has 0 amide bonds. The Bertz CT molecular complexity index is 1080. The topological polar surface area (TPSA) is 62.6 Å². The van der Waals surface area contributed by atoms with Gasteiger partial charge in [0.2, 0.25) is 0 Å². The fourth-order valence-corrected chi connectivity index (χ4v) is 3.27. The number of aryl methyl sites for hydroxylation is 1. The molecule has 120 valence electrons. The molecule has 0 spiro atoms. The third-order valence-electron chi connectivity index (χ3n) is 4.14. The quantitative estimate of drug-likeness (QED) is 0.576. The van der Waals surface area contributed by atoms with E-state index in [1.165, 1.54) is 0 Å². The van der Waals surface area contributed by atoms with Gasteiger partial charge in [-0.25, -0.2) is 15.0 Å². The first-order chi connectivity index (χ1) is 11.7. The average molecular weight is 336 g/mol. The largest absolute Gasteiger partial charge is 0.331 e. The minimum Gasteiger partial charge on any atom is -0.331 e. The molecule has 0 fully saturated rings. The van der Waals surface area contributed by atoms with E-state index in [0.717, 1.165) is 44.9 Å². The van der Waals surface area contributed by atoms with Crippen LogP contribution in [0.25, 0.3) is 21.9 Å². The molecule has 24 heavy (non-hydrogen) atoms. The van der Waals surface area contributed by atoms with Gasteiger partial charge < -0.3 is 14.5 Å². The molecular weight excluding hydrogens is 320 g/mol. The molecule has 3 heterocycles. The van der Waals surface area contributed by atoms with Gasteiger partial charge in [0, 0.05) is 25.2 Å². The zero-order valence-corrected chi connectivity index (χ0v) is 14.2. The van der Waals surface area contributed by atoms with Crippen molar-refractivity contribution in [1.29, 1.82) is 0 Å². The number of pyridine rings is 1. The summed E-state index contributed by atoms with van der Waals surface area (Å²) >= 11 is 5.40. The van der Waals surface area contributed by atoms with E-state index in [4.69, 9.17) is 12.2 Å². The zero-order valence-electron chi connectivity index (χ0n) is 13.4. The van der Waals surface area contributed by atoms with Crippen LogP contribution in [0.5, 0.6) is 0 Å². The molecule has 0 unspecified atom stereocenters. The molecule has 0 aliphatic carbocycles. The highest BCUT2D eigenvalue weighted by Crippen LogP contribution is 2.29. The Morgan fingerprint density at radius 1 is 1.21 bits per heavy atom. The average Bonchev–Trinajstić information content (AvgIpc) is 2.93. The van der Waals surface area contributed by atoms with Gasteiger partial charge in [-0.05, 0) is 43.4 Å². The highest BCUT2D eigenvalue weighted by Gasteiger charge is 2.13. The summed E-state index contributed by atoms with van der Waals surface area (Å²) in [6.45, 7) is 2.89. The van der Waals surface area contributed by atoms with Crippen LogP contribution in [0.15, 0.2) is 42.9 Å². The Labute approximate surface area is 143 Å². The summed E-state index contributed by atoms with van der Waals surface area (Å²) in [6.07, 6.45) is 3.35. The first-order valence-corrected chi connectivity index (χ1v) is 8.12. The van der Waals surface area contributed by atoms with Gasteiger partial charge in [-0.2, -0.15) is 0 Å². The van der Waals surface area contributed by atoms with Crippen molar-refractivity contribution in [2.24, 2.45) is 0 Å². The van der Waals surface area contributed by atoms with Crippen LogP contribution in [-0.4, -0.2) is 31.6 Å². The van der Waals surface area contributed by atoms with Crippen LogP contribution in [0.4, 0.5) is 11.6 Å². The molecule has 0 radical (unpaired) electrons. The van der Waals surface area contributed by atoms with Gasteiger partial charge in [-0.15, -0.1) is 0 Å². The maximum atomic E-state index is 5.40. The lowest BCUT2D eigenvalue weighted by Gasteiger charge is -2.18. The summed E-state index contributed by atoms with van der Waals surface area (Å²) in [5.41, 5.74) is 2.92. The van der Waals surface area contributed by atoms with Crippen LogP contribution in [0.1, 0.15) is 6.92 Å². The van der Waals surface area contributed by atoms with E-state index in [1.807, 2.05) is 30.1 Å².